The summed E-state index contributed by atoms with van der Waals surface area (Å²) in [5, 5.41) is 10.3. The first-order valence-electron chi connectivity index (χ1n) is 8.61. The molecule has 0 aliphatic rings. The van der Waals surface area contributed by atoms with E-state index in [2.05, 4.69) is 6.58 Å². The molecule has 0 aliphatic carbocycles. The second-order valence-electron chi connectivity index (χ2n) is 6.46. The van der Waals surface area contributed by atoms with Crippen LogP contribution in [0.4, 0.5) is 0 Å². The molecule has 0 amide bonds. The van der Waals surface area contributed by atoms with Crippen molar-refractivity contribution in [2.24, 2.45) is 0 Å². The third-order valence-electron chi connectivity index (χ3n) is 3.96. The monoisotopic (exact) mass is 338 g/mol. The molecule has 0 saturated heterocycles. The minimum absolute atomic E-state index is 0.0507. The van der Waals surface area contributed by atoms with Gasteiger partial charge in [-0.2, -0.15) is 0 Å². The Morgan fingerprint density at radius 3 is 2.24 bits per heavy atom. The molecule has 0 bridgehead atoms. The number of carbonyl (C=O) groups is 1. The largest absolute Gasteiger partial charge is 0.393 e. The lowest BCUT2D eigenvalue weighted by atomic mass is 9.99. The average molecular weight is 338 g/mol. The zero-order valence-electron chi connectivity index (χ0n) is 14.7. The summed E-state index contributed by atoms with van der Waals surface area (Å²) in [5.74, 6) is -0.0507. The molecule has 0 fully saturated rings. The van der Waals surface area contributed by atoms with Crippen LogP contribution in [0, 0.1) is 0 Å². The Labute approximate surface area is 150 Å². The standard InChI is InChI=1S/C22H26O3/c1-17(2)13-21(25-16-18-9-5-3-6-10-18)14-20(23)15-22(24)19-11-7-4-8-12-19/h3-12,20-21,23H,1,13-16H2,2H3/t20-,21+/m1/s1. The number of carbonyl (C=O) groups excluding carboxylic acids is 1. The normalized spacial score (nSPS) is 13.2. The molecule has 2 aromatic rings. The van der Waals surface area contributed by atoms with Gasteiger partial charge in [0, 0.05) is 18.4 Å². The van der Waals surface area contributed by atoms with E-state index in [0.717, 1.165) is 11.1 Å². The smallest absolute Gasteiger partial charge is 0.165 e. The second kappa shape index (κ2) is 9.92. The first kappa shape index (κ1) is 19.1. The molecule has 3 nitrogen and oxygen atoms in total. The molecule has 25 heavy (non-hydrogen) atoms. The lowest BCUT2D eigenvalue weighted by Crippen LogP contribution is -2.23. The zero-order chi connectivity index (χ0) is 18.1. The molecule has 0 spiro atoms. The van der Waals surface area contributed by atoms with Crippen LogP contribution in [0.3, 0.4) is 0 Å². The fourth-order valence-corrected chi connectivity index (χ4v) is 2.73. The van der Waals surface area contributed by atoms with Gasteiger partial charge in [-0.1, -0.05) is 66.2 Å². The van der Waals surface area contributed by atoms with Crippen LogP contribution in [-0.4, -0.2) is 23.1 Å². The predicted octanol–water partition coefficient (Wildman–Crippen LogP) is 4.56. The van der Waals surface area contributed by atoms with Crippen LogP contribution in [0.2, 0.25) is 0 Å². The maximum atomic E-state index is 12.2. The highest BCUT2D eigenvalue weighted by Gasteiger charge is 2.19. The Balaban J connectivity index is 1.89. The summed E-state index contributed by atoms with van der Waals surface area (Å²) in [6.07, 6.45) is 0.303. The number of Topliss-reactive ketones (excluding diaryl/α,β-unsaturated/α-hetero) is 1. The fourth-order valence-electron chi connectivity index (χ4n) is 2.73. The van der Waals surface area contributed by atoms with Gasteiger partial charge in [-0.3, -0.25) is 4.79 Å². The summed E-state index contributed by atoms with van der Waals surface area (Å²) in [5.41, 5.74) is 2.71. The van der Waals surface area contributed by atoms with Crippen molar-refractivity contribution in [3.8, 4) is 0 Å². The SMILES string of the molecule is C=C(C)C[C@@H](C[C@@H](O)CC(=O)c1ccccc1)OCc1ccccc1. The molecule has 2 rings (SSSR count). The number of ketones is 1. The van der Waals surface area contributed by atoms with E-state index in [0.29, 0.717) is 25.0 Å². The molecule has 2 atom stereocenters. The molecular formula is C22H26O3. The van der Waals surface area contributed by atoms with E-state index < -0.39 is 6.10 Å². The average Bonchev–Trinajstić information content (AvgIpc) is 2.60. The minimum atomic E-state index is -0.729. The van der Waals surface area contributed by atoms with Gasteiger partial charge in [0.05, 0.1) is 18.8 Å². The first-order valence-corrected chi connectivity index (χ1v) is 8.61. The van der Waals surface area contributed by atoms with Crippen molar-refractivity contribution in [1.82, 2.24) is 0 Å². The minimum Gasteiger partial charge on any atom is -0.393 e. The maximum Gasteiger partial charge on any atom is 0.165 e. The molecule has 0 aliphatic heterocycles. The molecule has 132 valence electrons. The van der Waals surface area contributed by atoms with Gasteiger partial charge >= 0.3 is 0 Å². The highest BCUT2D eigenvalue weighted by Crippen LogP contribution is 2.17. The van der Waals surface area contributed by atoms with Gasteiger partial charge in [0.25, 0.3) is 0 Å². The number of aliphatic hydroxyl groups is 1. The first-order chi connectivity index (χ1) is 12.0. The van der Waals surface area contributed by atoms with Crippen LogP contribution in [0.1, 0.15) is 42.1 Å². The molecular weight excluding hydrogens is 312 g/mol. The quantitative estimate of drug-likeness (QED) is 0.510. The number of ether oxygens (including phenoxy) is 1. The molecule has 3 heteroatoms. The van der Waals surface area contributed by atoms with Gasteiger partial charge in [0.1, 0.15) is 0 Å². The molecule has 0 heterocycles. The number of hydrogen-bond acceptors (Lipinski definition) is 3. The van der Waals surface area contributed by atoms with E-state index in [1.54, 1.807) is 12.1 Å². The number of rotatable bonds is 10. The molecule has 2 aromatic carbocycles. The van der Waals surface area contributed by atoms with Gasteiger partial charge in [-0.25, -0.2) is 0 Å². The maximum absolute atomic E-state index is 12.2. The topological polar surface area (TPSA) is 46.5 Å². The van der Waals surface area contributed by atoms with Crippen LogP contribution in [0.5, 0.6) is 0 Å². The third-order valence-corrected chi connectivity index (χ3v) is 3.96. The van der Waals surface area contributed by atoms with Crippen molar-refractivity contribution < 1.29 is 14.6 Å². The third kappa shape index (κ3) is 7.04. The molecule has 0 aromatic heterocycles. The van der Waals surface area contributed by atoms with Gasteiger partial charge in [0.2, 0.25) is 0 Å². The Morgan fingerprint density at radius 2 is 1.64 bits per heavy atom. The number of benzene rings is 2. The predicted molar refractivity (Wildman–Crippen MR) is 100 cm³/mol. The Hall–Kier alpha value is -2.23. The fraction of sp³-hybridized carbons (Fsp3) is 0.318. The van der Waals surface area contributed by atoms with Crippen molar-refractivity contribution in [2.75, 3.05) is 0 Å². The molecule has 0 saturated carbocycles. The van der Waals surface area contributed by atoms with E-state index in [9.17, 15) is 9.90 Å². The Kier molecular flexibility index (Phi) is 7.58. The van der Waals surface area contributed by atoms with Crippen molar-refractivity contribution in [2.45, 2.75) is 45.0 Å². The van der Waals surface area contributed by atoms with E-state index in [4.69, 9.17) is 4.74 Å². The van der Waals surface area contributed by atoms with E-state index >= 15 is 0 Å². The zero-order valence-corrected chi connectivity index (χ0v) is 14.7. The number of aliphatic hydroxyl groups excluding tert-OH is 1. The summed E-state index contributed by atoms with van der Waals surface area (Å²) in [4.78, 5) is 12.2. The summed E-state index contributed by atoms with van der Waals surface area (Å²) < 4.78 is 5.96. The van der Waals surface area contributed by atoms with E-state index in [-0.39, 0.29) is 18.3 Å². The highest BCUT2D eigenvalue weighted by molar-refractivity contribution is 5.96. The number of hydrogen-bond donors (Lipinski definition) is 1. The van der Waals surface area contributed by atoms with Crippen molar-refractivity contribution in [3.63, 3.8) is 0 Å². The van der Waals surface area contributed by atoms with Crippen LogP contribution in [-0.2, 0) is 11.3 Å². The van der Waals surface area contributed by atoms with Crippen LogP contribution >= 0.6 is 0 Å². The lowest BCUT2D eigenvalue weighted by Gasteiger charge is -2.21. The molecule has 0 radical (unpaired) electrons. The second-order valence-corrected chi connectivity index (χ2v) is 6.46. The highest BCUT2D eigenvalue weighted by atomic mass is 16.5. The van der Waals surface area contributed by atoms with Crippen molar-refractivity contribution in [3.05, 3.63) is 83.9 Å². The van der Waals surface area contributed by atoms with E-state index in [1.165, 1.54) is 0 Å². The van der Waals surface area contributed by atoms with Gasteiger partial charge in [-0.05, 0) is 18.9 Å². The van der Waals surface area contributed by atoms with Crippen molar-refractivity contribution >= 4 is 5.78 Å². The summed E-state index contributed by atoms with van der Waals surface area (Å²) in [6, 6.07) is 19.0. The van der Waals surface area contributed by atoms with Gasteiger partial charge in [-0.15, -0.1) is 6.58 Å². The van der Waals surface area contributed by atoms with Crippen LogP contribution in [0.25, 0.3) is 0 Å². The van der Waals surface area contributed by atoms with E-state index in [1.807, 2.05) is 55.5 Å². The lowest BCUT2D eigenvalue weighted by molar-refractivity contribution is 0.00366. The summed E-state index contributed by atoms with van der Waals surface area (Å²) in [6.45, 7) is 6.37. The van der Waals surface area contributed by atoms with Crippen LogP contribution in [0.15, 0.2) is 72.8 Å². The van der Waals surface area contributed by atoms with Crippen LogP contribution < -0.4 is 0 Å². The molecule has 0 unspecified atom stereocenters. The van der Waals surface area contributed by atoms with Gasteiger partial charge in [0.15, 0.2) is 5.78 Å². The Morgan fingerprint density at radius 1 is 1.04 bits per heavy atom. The summed E-state index contributed by atoms with van der Waals surface area (Å²) in [7, 11) is 0. The van der Waals surface area contributed by atoms with Crippen molar-refractivity contribution in [1.29, 1.82) is 0 Å². The van der Waals surface area contributed by atoms with Gasteiger partial charge < -0.3 is 9.84 Å². The Bertz CT molecular complexity index is 664. The summed E-state index contributed by atoms with van der Waals surface area (Å²) >= 11 is 0. The molecule has 1 N–H and O–H groups in total.